The van der Waals surface area contributed by atoms with Gasteiger partial charge in [0.25, 0.3) is 0 Å². The fourth-order valence-corrected chi connectivity index (χ4v) is 3.61. The fourth-order valence-electron chi connectivity index (χ4n) is 2.32. The first-order valence-electron chi connectivity index (χ1n) is 6.18. The minimum absolute atomic E-state index is 0.733. The third-order valence-electron chi connectivity index (χ3n) is 3.36. The van der Waals surface area contributed by atoms with Crippen LogP contribution in [-0.2, 0) is 0 Å². The third kappa shape index (κ3) is 3.26. The first kappa shape index (κ1) is 12.0. The highest BCUT2D eigenvalue weighted by atomic mass is 32.2. The van der Waals surface area contributed by atoms with E-state index in [0.717, 1.165) is 11.3 Å². The van der Waals surface area contributed by atoms with Crippen LogP contribution in [0.3, 0.4) is 0 Å². The zero-order valence-corrected chi connectivity index (χ0v) is 11.0. The van der Waals surface area contributed by atoms with Crippen LogP contribution in [-0.4, -0.2) is 18.3 Å². The molecule has 16 heavy (non-hydrogen) atoms. The predicted octanol–water partition coefficient (Wildman–Crippen LogP) is 3.62. The monoisotopic (exact) mass is 235 g/mol. The van der Waals surface area contributed by atoms with E-state index < -0.39 is 0 Å². The summed E-state index contributed by atoms with van der Waals surface area (Å²) in [6.45, 7) is 2.14. The van der Waals surface area contributed by atoms with E-state index in [0.29, 0.717) is 0 Å². The number of hydrogen-bond acceptors (Lipinski definition) is 2. The highest BCUT2D eigenvalue weighted by Crippen LogP contribution is 2.33. The van der Waals surface area contributed by atoms with Crippen LogP contribution in [0.15, 0.2) is 29.2 Å². The molecule has 0 spiro atoms. The summed E-state index contributed by atoms with van der Waals surface area (Å²) in [5.74, 6) is 0. The minimum atomic E-state index is 0.733. The molecule has 0 amide bonds. The Balaban J connectivity index is 1.91. The van der Waals surface area contributed by atoms with Crippen molar-refractivity contribution in [1.29, 1.82) is 0 Å². The lowest BCUT2D eigenvalue weighted by molar-refractivity contribution is 0.402. The topological polar surface area (TPSA) is 12.0 Å². The van der Waals surface area contributed by atoms with Gasteiger partial charge in [0.1, 0.15) is 0 Å². The Labute approximate surface area is 103 Å². The summed E-state index contributed by atoms with van der Waals surface area (Å²) in [6, 6.07) is 9.66. The molecule has 88 valence electrons. The van der Waals surface area contributed by atoms with Gasteiger partial charge in [-0.25, -0.2) is 0 Å². The van der Waals surface area contributed by atoms with E-state index in [4.69, 9.17) is 0 Å². The summed E-state index contributed by atoms with van der Waals surface area (Å²) in [7, 11) is 2.09. The first-order valence-corrected chi connectivity index (χ1v) is 7.06. The van der Waals surface area contributed by atoms with Crippen molar-refractivity contribution in [2.45, 2.75) is 48.8 Å². The maximum atomic E-state index is 3.42. The van der Waals surface area contributed by atoms with Crippen LogP contribution in [0, 0.1) is 6.92 Å². The molecular weight excluding hydrogens is 214 g/mol. The Morgan fingerprint density at radius 2 is 1.94 bits per heavy atom. The molecule has 0 aromatic heterocycles. The van der Waals surface area contributed by atoms with E-state index in [2.05, 4.69) is 55.3 Å². The molecule has 1 fully saturated rings. The Hall–Kier alpha value is -0.470. The minimum Gasteiger partial charge on any atom is -0.317 e. The second kappa shape index (κ2) is 5.74. The third-order valence-corrected chi connectivity index (χ3v) is 4.66. The maximum absolute atomic E-state index is 3.42. The molecule has 1 saturated carbocycles. The summed E-state index contributed by atoms with van der Waals surface area (Å²) in [5.41, 5.74) is 1.35. The van der Waals surface area contributed by atoms with Gasteiger partial charge in [-0.15, -0.1) is 11.8 Å². The van der Waals surface area contributed by atoms with Crippen molar-refractivity contribution in [2.24, 2.45) is 0 Å². The van der Waals surface area contributed by atoms with Crippen molar-refractivity contribution >= 4 is 11.8 Å². The van der Waals surface area contributed by atoms with Gasteiger partial charge in [-0.3, -0.25) is 0 Å². The van der Waals surface area contributed by atoms with Gasteiger partial charge < -0.3 is 5.32 Å². The molecule has 0 heterocycles. The summed E-state index contributed by atoms with van der Waals surface area (Å²) in [5, 5.41) is 4.22. The molecule has 2 unspecified atom stereocenters. The highest BCUT2D eigenvalue weighted by Gasteiger charge is 2.21. The van der Waals surface area contributed by atoms with Crippen LogP contribution < -0.4 is 5.32 Å². The number of thioether (sulfide) groups is 1. The van der Waals surface area contributed by atoms with Gasteiger partial charge in [0.2, 0.25) is 0 Å². The maximum Gasteiger partial charge on any atom is 0.0109 e. The lowest BCUT2D eigenvalue weighted by Crippen LogP contribution is -2.32. The zero-order valence-electron chi connectivity index (χ0n) is 10.2. The predicted molar refractivity (Wildman–Crippen MR) is 72.1 cm³/mol. The molecule has 0 bridgehead atoms. The Bertz CT molecular complexity index is 320. The van der Waals surface area contributed by atoms with E-state index in [-0.39, 0.29) is 0 Å². The van der Waals surface area contributed by atoms with Crippen LogP contribution in [0.25, 0.3) is 0 Å². The largest absolute Gasteiger partial charge is 0.317 e. The van der Waals surface area contributed by atoms with Gasteiger partial charge in [0.15, 0.2) is 0 Å². The molecule has 1 aliphatic carbocycles. The van der Waals surface area contributed by atoms with Gasteiger partial charge >= 0.3 is 0 Å². The number of nitrogens with one attached hydrogen (secondary N) is 1. The molecule has 1 N–H and O–H groups in total. The fraction of sp³-hybridized carbons (Fsp3) is 0.571. The smallest absolute Gasteiger partial charge is 0.0109 e. The number of benzene rings is 1. The average molecular weight is 235 g/mol. The first-order chi connectivity index (χ1) is 7.78. The van der Waals surface area contributed by atoms with E-state index in [1.54, 1.807) is 0 Å². The van der Waals surface area contributed by atoms with E-state index in [1.807, 2.05) is 0 Å². The van der Waals surface area contributed by atoms with Crippen LogP contribution in [0.4, 0.5) is 0 Å². The molecule has 1 aromatic rings. The van der Waals surface area contributed by atoms with Crippen LogP contribution >= 0.6 is 11.8 Å². The van der Waals surface area contributed by atoms with Crippen molar-refractivity contribution in [3.05, 3.63) is 29.8 Å². The standard InChI is InChI=1S/C14H21NS/c1-11-6-8-13(9-7-11)16-14-5-3-4-12(10-14)15-2/h6-9,12,14-15H,3-5,10H2,1-2H3. The molecule has 2 heteroatoms. The van der Waals surface area contributed by atoms with Crippen molar-refractivity contribution in [3.63, 3.8) is 0 Å². The van der Waals surface area contributed by atoms with Gasteiger partial charge in [0, 0.05) is 16.2 Å². The summed E-state index contributed by atoms with van der Waals surface area (Å²) in [4.78, 5) is 1.42. The molecule has 1 aromatic carbocycles. The Morgan fingerprint density at radius 3 is 2.62 bits per heavy atom. The summed E-state index contributed by atoms with van der Waals surface area (Å²) < 4.78 is 0. The number of hydrogen-bond donors (Lipinski definition) is 1. The van der Waals surface area contributed by atoms with Crippen molar-refractivity contribution in [2.75, 3.05) is 7.05 Å². The highest BCUT2D eigenvalue weighted by molar-refractivity contribution is 8.00. The normalized spacial score (nSPS) is 25.6. The summed E-state index contributed by atoms with van der Waals surface area (Å²) in [6.07, 6.45) is 5.41. The Kier molecular flexibility index (Phi) is 4.30. The molecule has 1 aliphatic rings. The summed E-state index contributed by atoms with van der Waals surface area (Å²) >= 11 is 2.05. The number of rotatable bonds is 3. The SMILES string of the molecule is CNC1CCCC(Sc2ccc(C)cc2)C1. The van der Waals surface area contributed by atoms with E-state index >= 15 is 0 Å². The molecule has 0 aliphatic heterocycles. The van der Waals surface area contributed by atoms with Gasteiger partial charge in [-0.1, -0.05) is 24.1 Å². The molecule has 2 atom stereocenters. The average Bonchev–Trinajstić information content (AvgIpc) is 2.32. The second-order valence-electron chi connectivity index (χ2n) is 4.71. The van der Waals surface area contributed by atoms with Crippen molar-refractivity contribution < 1.29 is 0 Å². The second-order valence-corrected chi connectivity index (χ2v) is 6.08. The molecular formula is C14H21NS. The van der Waals surface area contributed by atoms with Crippen LogP contribution in [0.2, 0.25) is 0 Å². The quantitative estimate of drug-likeness (QED) is 0.859. The molecule has 2 rings (SSSR count). The van der Waals surface area contributed by atoms with Crippen LogP contribution in [0.5, 0.6) is 0 Å². The van der Waals surface area contributed by atoms with Crippen LogP contribution in [0.1, 0.15) is 31.2 Å². The molecule has 0 radical (unpaired) electrons. The number of aryl methyl sites for hydroxylation is 1. The lowest BCUT2D eigenvalue weighted by atomic mass is 9.95. The van der Waals surface area contributed by atoms with Crippen molar-refractivity contribution in [1.82, 2.24) is 5.32 Å². The lowest BCUT2D eigenvalue weighted by Gasteiger charge is -2.28. The molecule has 0 saturated heterocycles. The van der Waals surface area contributed by atoms with Gasteiger partial charge in [0.05, 0.1) is 0 Å². The zero-order chi connectivity index (χ0) is 11.4. The Morgan fingerprint density at radius 1 is 1.19 bits per heavy atom. The molecule has 1 nitrogen and oxygen atoms in total. The van der Waals surface area contributed by atoms with Gasteiger partial charge in [-0.2, -0.15) is 0 Å². The van der Waals surface area contributed by atoms with Crippen molar-refractivity contribution in [3.8, 4) is 0 Å². The van der Waals surface area contributed by atoms with E-state index in [1.165, 1.54) is 36.1 Å². The van der Waals surface area contributed by atoms with E-state index in [9.17, 15) is 0 Å². The van der Waals surface area contributed by atoms with Gasteiger partial charge in [-0.05, 0) is 45.4 Å².